The van der Waals surface area contributed by atoms with Crippen molar-refractivity contribution in [1.29, 1.82) is 0 Å². The van der Waals surface area contributed by atoms with Crippen molar-refractivity contribution in [3.63, 3.8) is 0 Å². The van der Waals surface area contributed by atoms with Crippen LogP contribution in [0, 0.1) is 0 Å². The van der Waals surface area contributed by atoms with Gasteiger partial charge in [-0.2, -0.15) is 0 Å². The molecule has 1 unspecified atom stereocenters. The van der Waals surface area contributed by atoms with E-state index >= 15 is 0 Å². The van der Waals surface area contributed by atoms with Crippen molar-refractivity contribution in [3.8, 4) is 0 Å². The number of amides is 3. The molecule has 35 heavy (non-hydrogen) atoms. The van der Waals surface area contributed by atoms with Crippen molar-refractivity contribution in [3.05, 3.63) is 48.3 Å². The van der Waals surface area contributed by atoms with Crippen molar-refractivity contribution in [1.82, 2.24) is 25.1 Å². The van der Waals surface area contributed by atoms with Crippen LogP contribution >= 0.6 is 0 Å². The fraction of sp³-hybridized carbons (Fsp3) is 0.417. The maximum Gasteiger partial charge on any atom is 0.243 e. The first kappa shape index (κ1) is 24.3. The Morgan fingerprint density at radius 1 is 1.03 bits per heavy atom. The highest BCUT2D eigenvalue weighted by molar-refractivity contribution is 5.98. The summed E-state index contributed by atoms with van der Waals surface area (Å²) in [5, 5.41) is 5.49. The molecule has 2 aliphatic rings. The molecule has 0 spiro atoms. The van der Waals surface area contributed by atoms with Crippen LogP contribution in [0.15, 0.2) is 42.7 Å². The van der Waals surface area contributed by atoms with Gasteiger partial charge in [-0.05, 0) is 37.3 Å². The Morgan fingerprint density at radius 3 is 2.37 bits per heavy atom. The lowest BCUT2D eigenvalue weighted by molar-refractivity contribution is -0.145. The van der Waals surface area contributed by atoms with Gasteiger partial charge in [0.05, 0.1) is 13.0 Å². The molecule has 2 aliphatic heterocycles. The minimum absolute atomic E-state index is 0.0641. The van der Waals surface area contributed by atoms with Gasteiger partial charge in [0.2, 0.25) is 23.7 Å². The van der Waals surface area contributed by atoms with Gasteiger partial charge >= 0.3 is 0 Å². The van der Waals surface area contributed by atoms with Crippen LogP contribution < -0.4 is 15.5 Å². The molecule has 184 valence electrons. The SMILES string of the molecule is CC(=O)c1ccc(NC(=O)CC2C(=O)NCCN2C(=O)CN2CCN(c3ncccn3)CC2)cc1. The Balaban J connectivity index is 1.32. The van der Waals surface area contributed by atoms with Crippen molar-refractivity contribution in [2.75, 3.05) is 56.0 Å². The van der Waals surface area contributed by atoms with Gasteiger partial charge in [0.1, 0.15) is 6.04 Å². The minimum Gasteiger partial charge on any atom is -0.353 e. The van der Waals surface area contributed by atoms with E-state index in [9.17, 15) is 19.2 Å². The molecule has 1 atom stereocenters. The van der Waals surface area contributed by atoms with Gasteiger partial charge < -0.3 is 20.4 Å². The lowest BCUT2D eigenvalue weighted by Gasteiger charge is -2.38. The molecule has 1 aromatic carbocycles. The summed E-state index contributed by atoms with van der Waals surface area (Å²) in [4.78, 5) is 63.9. The van der Waals surface area contributed by atoms with Crippen LogP contribution in [0.3, 0.4) is 0 Å². The number of aromatic nitrogens is 2. The number of piperazine rings is 2. The number of rotatable bonds is 7. The van der Waals surface area contributed by atoms with Crippen LogP contribution in [-0.2, 0) is 14.4 Å². The first-order chi connectivity index (χ1) is 16.9. The number of hydrogen-bond acceptors (Lipinski definition) is 8. The lowest BCUT2D eigenvalue weighted by Crippen LogP contribution is -2.60. The van der Waals surface area contributed by atoms with Crippen LogP contribution in [0.2, 0.25) is 0 Å². The molecule has 1 aromatic heterocycles. The highest BCUT2D eigenvalue weighted by Gasteiger charge is 2.35. The Kier molecular flexibility index (Phi) is 7.66. The smallest absolute Gasteiger partial charge is 0.243 e. The van der Waals surface area contributed by atoms with E-state index in [1.807, 2.05) is 4.90 Å². The third-order valence-electron chi connectivity index (χ3n) is 6.17. The fourth-order valence-electron chi connectivity index (χ4n) is 4.23. The molecular formula is C24H29N7O4. The van der Waals surface area contributed by atoms with E-state index in [2.05, 4.69) is 25.5 Å². The fourth-order valence-corrected chi connectivity index (χ4v) is 4.23. The van der Waals surface area contributed by atoms with E-state index in [0.717, 1.165) is 0 Å². The minimum atomic E-state index is -0.869. The highest BCUT2D eigenvalue weighted by Crippen LogP contribution is 2.15. The number of Topliss-reactive ketones (excluding diaryl/α,β-unsaturated/α-hetero) is 1. The van der Waals surface area contributed by atoms with E-state index in [1.54, 1.807) is 42.7 Å². The number of carbonyl (C=O) groups is 4. The molecule has 0 saturated carbocycles. The first-order valence-electron chi connectivity index (χ1n) is 11.6. The number of benzene rings is 1. The predicted octanol–water partition coefficient (Wildman–Crippen LogP) is 0.157. The standard InChI is InChI=1S/C24H29N7O4/c1-17(32)18-3-5-19(6-4-18)28-21(33)15-20-23(35)25-9-10-31(20)22(34)16-29-11-13-30(14-12-29)24-26-7-2-8-27-24/h2-8,20H,9-16H2,1H3,(H,25,35)(H,28,33). The highest BCUT2D eigenvalue weighted by atomic mass is 16.2. The molecule has 2 fully saturated rings. The summed E-state index contributed by atoms with van der Waals surface area (Å²) in [5.74, 6) is -0.276. The number of carbonyl (C=O) groups excluding carboxylic acids is 4. The molecule has 4 rings (SSSR count). The average Bonchev–Trinajstić information content (AvgIpc) is 2.86. The quantitative estimate of drug-likeness (QED) is 0.538. The normalized spacial score (nSPS) is 18.7. The van der Waals surface area contributed by atoms with Gasteiger partial charge in [-0.25, -0.2) is 9.97 Å². The summed E-state index contributed by atoms with van der Waals surface area (Å²) >= 11 is 0. The van der Waals surface area contributed by atoms with Crippen molar-refractivity contribution in [2.24, 2.45) is 0 Å². The van der Waals surface area contributed by atoms with Crippen LogP contribution in [-0.4, -0.2) is 95.1 Å². The zero-order valence-electron chi connectivity index (χ0n) is 19.6. The molecule has 0 bridgehead atoms. The molecule has 3 heterocycles. The number of nitrogens with one attached hydrogen (secondary N) is 2. The third-order valence-corrected chi connectivity index (χ3v) is 6.17. The number of nitrogens with zero attached hydrogens (tertiary/aromatic N) is 5. The van der Waals surface area contributed by atoms with Gasteiger partial charge in [0.25, 0.3) is 0 Å². The summed E-state index contributed by atoms with van der Waals surface area (Å²) < 4.78 is 0. The second-order valence-electron chi connectivity index (χ2n) is 8.59. The topological polar surface area (TPSA) is 128 Å². The van der Waals surface area contributed by atoms with Gasteiger partial charge in [-0.15, -0.1) is 0 Å². The van der Waals surface area contributed by atoms with E-state index in [-0.39, 0.29) is 36.5 Å². The van der Waals surface area contributed by atoms with E-state index < -0.39 is 6.04 Å². The molecular weight excluding hydrogens is 450 g/mol. The van der Waals surface area contributed by atoms with E-state index in [4.69, 9.17) is 0 Å². The zero-order chi connectivity index (χ0) is 24.8. The maximum atomic E-state index is 13.1. The number of anilines is 2. The largest absolute Gasteiger partial charge is 0.353 e. The first-order valence-corrected chi connectivity index (χ1v) is 11.6. The molecule has 11 heteroatoms. The molecule has 2 saturated heterocycles. The molecule has 2 N–H and O–H groups in total. The predicted molar refractivity (Wildman–Crippen MR) is 129 cm³/mol. The lowest BCUT2D eigenvalue weighted by atomic mass is 10.1. The number of ketones is 1. The second-order valence-corrected chi connectivity index (χ2v) is 8.59. The van der Waals surface area contributed by atoms with Gasteiger partial charge in [0.15, 0.2) is 5.78 Å². The summed E-state index contributed by atoms with van der Waals surface area (Å²) in [6.45, 7) is 5.11. The summed E-state index contributed by atoms with van der Waals surface area (Å²) in [6, 6.07) is 7.44. The summed E-state index contributed by atoms with van der Waals surface area (Å²) in [5.41, 5.74) is 1.07. The summed E-state index contributed by atoms with van der Waals surface area (Å²) in [7, 11) is 0. The Morgan fingerprint density at radius 2 is 1.71 bits per heavy atom. The molecule has 3 amide bonds. The average molecular weight is 480 g/mol. The molecule has 2 aromatic rings. The van der Waals surface area contributed by atoms with Crippen molar-refractivity contribution < 1.29 is 19.2 Å². The van der Waals surface area contributed by atoms with Crippen molar-refractivity contribution >= 4 is 35.1 Å². The van der Waals surface area contributed by atoms with Crippen molar-refractivity contribution in [2.45, 2.75) is 19.4 Å². The van der Waals surface area contributed by atoms with Crippen LogP contribution in [0.4, 0.5) is 11.6 Å². The van der Waals surface area contributed by atoms with E-state index in [0.29, 0.717) is 56.5 Å². The Bertz CT molecular complexity index is 1070. The third kappa shape index (κ3) is 6.18. The maximum absolute atomic E-state index is 13.1. The molecule has 11 nitrogen and oxygen atoms in total. The number of hydrogen-bond donors (Lipinski definition) is 2. The second kappa shape index (κ2) is 11.0. The van der Waals surface area contributed by atoms with Gasteiger partial charge in [0, 0.05) is 62.9 Å². The Hall–Kier alpha value is -3.86. The summed E-state index contributed by atoms with van der Waals surface area (Å²) in [6.07, 6.45) is 3.26. The molecule has 0 radical (unpaired) electrons. The van der Waals surface area contributed by atoms with Crippen LogP contribution in [0.1, 0.15) is 23.7 Å². The van der Waals surface area contributed by atoms with E-state index in [1.165, 1.54) is 11.8 Å². The monoisotopic (exact) mass is 479 g/mol. The molecule has 0 aliphatic carbocycles. The van der Waals surface area contributed by atoms with Gasteiger partial charge in [-0.3, -0.25) is 24.1 Å². The van der Waals surface area contributed by atoms with Crippen LogP contribution in [0.25, 0.3) is 0 Å². The van der Waals surface area contributed by atoms with Crippen LogP contribution in [0.5, 0.6) is 0 Å². The zero-order valence-corrected chi connectivity index (χ0v) is 19.6. The Labute approximate surface area is 203 Å². The van der Waals surface area contributed by atoms with Gasteiger partial charge in [-0.1, -0.05) is 0 Å².